The number of pyridine rings is 1. The van der Waals surface area contributed by atoms with Gasteiger partial charge in [-0.15, -0.1) is 0 Å². The van der Waals surface area contributed by atoms with Crippen molar-refractivity contribution in [1.29, 1.82) is 5.26 Å². The van der Waals surface area contributed by atoms with Gasteiger partial charge in [-0.3, -0.25) is 5.10 Å². The van der Waals surface area contributed by atoms with E-state index in [2.05, 4.69) is 31.6 Å². The van der Waals surface area contributed by atoms with Crippen molar-refractivity contribution in [2.45, 2.75) is 32.0 Å². The van der Waals surface area contributed by atoms with Crippen LogP contribution in [0.25, 0.3) is 0 Å². The summed E-state index contributed by atoms with van der Waals surface area (Å²) in [7, 11) is 0. The summed E-state index contributed by atoms with van der Waals surface area (Å²) in [6, 6.07) is 4.01. The molecule has 0 spiro atoms. The van der Waals surface area contributed by atoms with Gasteiger partial charge in [-0.1, -0.05) is 0 Å². The second kappa shape index (κ2) is 5.89. The zero-order chi connectivity index (χ0) is 14.7. The van der Waals surface area contributed by atoms with Crippen LogP contribution in [0.1, 0.15) is 35.9 Å². The van der Waals surface area contributed by atoms with Crippen LogP contribution in [0.5, 0.6) is 0 Å². The number of nitrogens with zero attached hydrogens (tertiary/aromatic N) is 4. The molecule has 1 fully saturated rings. The molecule has 0 aromatic carbocycles. The Morgan fingerprint density at radius 3 is 3.14 bits per heavy atom. The van der Waals surface area contributed by atoms with Gasteiger partial charge in [0.2, 0.25) is 0 Å². The summed E-state index contributed by atoms with van der Waals surface area (Å²) in [4.78, 5) is 8.35. The lowest BCUT2D eigenvalue weighted by molar-refractivity contribution is 0.0472. The Labute approximate surface area is 122 Å². The van der Waals surface area contributed by atoms with Crippen LogP contribution in [-0.2, 0) is 4.74 Å². The lowest BCUT2D eigenvalue weighted by atomic mass is 10.1. The Kier molecular flexibility index (Phi) is 3.79. The molecule has 1 aliphatic rings. The lowest BCUT2D eigenvalue weighted by Gasteiger charge is -2.14. The summed E-state index contributed by atoms with van der Waals surface area (Å²) in [6.45, 7) is 2.52. The molecule has 108 valence electrons. The maximum Gasteiger partial charge on any atom is 0.153 e. The minimum absolute atomic E-state index is 0.0276. The molecule has 3 heterocycles. The third-order valence-electron chi connectivity index (χ3n) is 3.61. The molecule has 7 nitrogen and oxygen atoms in total. The Bertz CT molecular complexity index is 648. The first-order chi connectivity index (χ1) is 10.3. The molecule has 0 amide bonds. The first-order valence-electron chi connectivity index (χ1n) is 6.88. The fourth-order valence-corrected chi connectivity index (χ4v) is 2.47. The molecular formula is C14H16N6O. The van der Waals surface area contributed by atoms with Crippen LogP contribution in [0.2, 0.25) is 0 Å². The number of aromatic nitrogens is 4. The zero-order valence-electron chi connectivity index (χ0n) is 11.7. The van der Waals surface area contributed by atoms with Crippen molar-refractivity contribution in [3.8, 4) is 6.07 Å². The van der Waals surface area contributed by atoms with Crippen molar-refractivity contribution in [3.05, 3.63) is 35.5 Å². The SMILES string of the molecule is Cc1ccnc(NC[C@H]2CC[C@@H](c3ncn[nH]3)O2)c1C#N. The van der Waals surface area contributed by atoms with Gasteiger partial charge in [0.15, 0.2) is 5.82 Å². The Morgan fingerprint density at radius 1 is 1.48 bits per heavy atom. The minimum Gasteiger partial charge on any atom is -0.366 e. The third kappa shape index (κ3) is 2.85. The maximum atomic E-state index is 9.18. The van der Waals surface area contributed by atoms with E-state index >= 15 is 0 Å². The van der Waals surface area contributed by atoms with Crippen LogP contribution < -0.4 is 5.32 Å². The Balaban J connectivity index is 1.60. The van der Waals surface area contributed by atoms with Crippen LogP contribution in [0.4, 0.5) is 5.82 Å². The highest BCUT2D eigenvalue weighted by atomic mass is 16.5. The highest BCUT2D eigenvalue weighted by Crippen LogP contribution is 2.30. The number of rotatable bonds is 4. The van der Waals surface area contributed by atoms with Crippen LogP contribution in [0.15, 0.2) is 18.6 Å². The molecule has 1 saturated heterocycles. The number of ether oxygens (including phenoxy) is 1. The molecule has 0 aliphatic carbocycles. The van der Waals surface area contributed by atoms with E-state index in [1.54, 1.807) is 6.20 Å². The number of nitrogens with one attached hydrogen (secondary N) is 2. The predicted octanol–water partition coefficient (Wildman–Crippen LogP) is 1.71. The number of nitriles is 1. The van der Waals surface area contributed by atoms with Crippen molar-refractivity contribution in [3.63, 3.8) is 0 Å². The van der Waals surface area contributed by atoms with E-state index in [4.69, 9.17) is 4.74 Å². The molecule has 3 rings (SSSR count). The maximum absolute atomic E-state index is 9.18. The monoisotopic (exact) mass is 284 g/mol. The van der Waals surface area contributed by atoms with Crippen LogP contribution in [0.3, 0.4) is 0 Å². The van der Waals surface area contributed by atoms with Crippen molar-refractivity contribution in [1.82, 2.24) is 20.2 Å². The molecule has 1 aliphatic heterocycles. The molecule has 2 N–H and O–H groups in total. The average molecular weight is 284 g/mol. The molecule has 21 heavy (non-hydrogen) atoms. The molecule has 2 aromatic heterocycles. The normalized spacial score (nSPS) is 21.1. The highest BCUT2D eigenvalue weighted by Gasteiger charge is 2.28. The number of aromatic amines is 1. The first-order valence-corrected chi connectivity index (χ1v) is 6.88. The number of hydrogen-bond acceptors (Lipinski definition) is 6. The molecule has 7 heteroatoms. The van der Waals surface area contributed by atoms with Crippen LogP contribution in [-0.4, -0.2) is 32.8 Å². The van der Waals surface area contributed by atoms with E-state index in [1.807, 2.05) is 13.0 Å². The van der Waals surface area contributed by atoms with Crippen LogP contribution in [0, 0.1) is 18.3 Å². The quantitative estimate of drug-likeness (QED) is 0.886. The van der Waals surface area contributed by atoms with Gasteiger partial charge in [-0.05, 0) is 31.4 Å². The van der Waals surface area contributed by atoms with Crippen molar-refractivity contribution >= 4 is 5.82 Å². The number of hydrogen-bond donors (Lipinski definition) is 2. The number of anilines is 1. The predicted molar refractivity (Wildman–Crippen MR) is 75.4 cm³/mol. The van der Waals surface area contributed by atoms with E-state index in [0.717, 1.165) is 24.2 Å². The van der Waals surface area contributed by atoms with Gasteiger partial charge in [-0.2, -0.15) is 10.4 Å². The van der Waals surface area contributed by atoms with Gasteiger partial charge in [0, 0.05) is 12.7 Å². The number of H-pyrrole nitrogens is 1. The van der Waals surface area contributed by atoms with Gasteiger partial charge in [0.05, 0.1) is 11.7 Å². The second-order valence-electron chi connectivity index (χ2n) is 5.04. The van der Waals surface area contributed by atoms with E-state index in [-0.39, 0.29) is 12.2 Å². The highest BCUT2D eigenvalue weighted by molar-refractivity contribution is 5.55. The topological polar surface area (TPSA) is 99.5 Å². The summed E-state index contributed by atoms with van der Waals surface area (Å²) in [6.07, 6.45) is 5.08. The fraction of sp³-hybridized carbons (Fsp3) is 0.429. The molecular weight excluding hydrogens is 268 g/mol. The van der Waals surface area contributed by atoms with E-state index in [0.29, 0.717) is 17.9 Å². The molecule has 0 bridgehead atoms. The molecule has 0 radical (unpaired) electrons. The van der Waals surface area contributed by atoms with E-state index in [9.17, 15) is 5.26 Å². The largest absolute Gasteiger partial charge is 0.366 e. The summed E-state index contributed by atoms with van der Waals surface area (Å²) < 4.78 is 5.92. The van der Waals surface area contributed by atoms with E-state index < -0.39 is 0 Å². The van der Waals surface area contributed by atoms with Gasteiger partial charge < -0.3 is 10.1 Å². The molecule has 2 aromatic rings. The average Bonchev–Trinajstić information content (AvgIpc) is 3.16. The van der Waals surface area contributed by atoms with Crippen molar-refractivity contribution in [2.24, 2.45) is 0 Å². The number of aryl methyl sites for hydroxylation is 1. The second-order valence-corrected chi connectivity index (χ2v) is 5.04. The van der Waals surface area contributed by atoms with Gasteiger partial charge in [0.1, 0.15) is 24.3 Å². The Morgan fingerprint density at radius 2 is 2.38 bits per heavy atom. The minimum atomic E-state index is -0.0276. The summed E-state index contributed by atoms with van der Waals surface area (Å²) in [5.74, 6) is 1.38. The molecule has 0 unspecified atom stereocenters. The van der Waals surface area contributed by atoms with E-state index in [1.165, 1.54) is 6.33 Å². The first kappa shape index (κ1) is 13.5. The summed E-state index contributed by atoms with van der Waals surface area (Å²) in [5.41, 5.74) is 1.50. The zero-order valence-corrected chi connectivity index (χ0v) is 11.7. The smallest absolute Gasteiger partial charge is 0.153 e. The van der Waals surface area contributed by atoms with Gasteiger partial charge in [-0.25, -0.2) is 9.97 Å². The van der Waals surface area contributed by atoms with Gasteiger partial charge in [0.25, 0.3) is 0 Å². The van der Waals surface area contributed by atoms with Crippen LogP contribution >= 0.6 is 0 Å². The fourth-order valence-electron chi connectivity index (χ4n) is 2.47. The van der Waals surface area contributed by atoms with Crippen molar-refractivity contribution < 1.29 is 4.74 Å². The Hall–Kier alpha value is -2.46. The summed E-state index contributed by atoms with van der Waals surface area (Å²) >= 11 is 0. The van der Waals surface area contributed by atoms with Crippen molar-refractivity contribution in [2.75, 3.05) is 11.9 Å². The standard InChI is InChI=1S/C14H16N6O/c1-9-4-5-16-13(11(9)6-15)17-7-10-2-3-12(21-10)14-18-8-19-20-14/h4-5,8,10,12H,2-3,7H2,1H3,(H,16,17)(H,18,19,20)/t10-,12+/m1/s1. The summed E-state index contributed by atoms with van der Waals surface area (Å²) in [5, 5.41) is 19.1. The lowest BCUT2D eigenvalue weighted by Crippen LogP contribution is -2.20. The molecule has 2 atom stereocenters. The third-order valence-corrected chi connectivity index (χ3v) is 3.61. The van der Waals surface area contributed by atoms with Gasteiger partial charge >= 0.3 is 0 Å². The molecule has 0 saturated carbocycles.